The molecule has 13 nitrogen and oxygen atoms in total. The Balaban J connectivity index is 0.000000188. The number of amides is 1. The number of carbonyl (C=O) groups excluding carboxylic acids is 1. The van der Waals surface area contributed by atoms with Crippen LogP contribution in [0.25, 0.3) is 30.6 Å². The van der Waals surface area contributed by atoms with Gasteiger partial charge in [-0.1, -0.05) is 23.7 Å². The number of fused-ring (bicyclic) bond motifs is 3. The molecule has 1 aromatic carbocycles. The number of rotatable bonds is 7. The fourth-order valence-electron chi connectivity index (χ4n) is 6.09. The van der Waals surface area contributed by atoms with Gasteiger partial charge in [0.2, 0.25) is 22.4 Å². The van der Waals surface area contributed by atoms with Gasteiger partial charge in [-0.15, -0.1) is 47.2 Å². The Morgan fingerprint density at radius 2 is 1.28 bits per heavy atom. The van der Waals surface area contributed by atoms with Crippen LogP contribution in [0.1, 0.15) is 20.2 Å². The third kappa shape index (κ3) is 11.3. The zero-order valence-corrected chi connectivity index (χ0v) is 37.8. The number of aryl methyl sites for hydroxylation is 3. The summed E-state index contributed by atoms with van der Waals surface area (Å²) in [7, 11) is 7.70. The van der Waals surface area contributed by atoms with E-state index in [1.54, 1.807) is 34.0 Å². The number of β-amino-alcohol motifs (C(OH)–C–C–N with tert-alkyl or cyclic N) is 1. The topological polar surface area (TPSA) is 146 Å². The summed E-state index contributed by atoms with van der Waals surface area (Å²) in [5, 5.41) is 14.6. The van der Waals surface area contributed by atoms with Crippen LogP contribution in [0.15, 0.2) is 42.5 Å². The first kappa shape index (κ1) is 45.2. The molecule has 7 aromatic rings. The number of halogens is 6. The number of aliphatic hydroxyl groups excluding tert-OH is 1. The summed E-state index contributed by atoms with van der Waals surface area (Å²) in [6.07, 6.45) is -5.60. The van der Waals surface area contributed by atoms with Gasteiger partial charge in [0.05, 0.1) is 49.2 Å². The van der Waals surface area contributed by atoms with Gasteiger partial charge in [0, 0.05) is 55.9 Å². The van der Waals surface area contributed by atoms with Crippen molar-refractivity contribution in [3.8, 4) is 5.75 Å². The van der Waals surface area contributed by atoms with Gasteiger partial charge in [0.1, 0.15) is 5.75 Å². The molecule has 6 aromatic heterocycles. The second-order valence-electron chi connectivity index (χ2n) is 14.0. The van der Waals surface area contributed by atoms with Gasteiger partial charge in [-0.3, -0.25) is 4.79 Å². The number of likely N-dealkylation sites (tertiary alicyclic amines) is 1. The van der Waals surface area contributed by atoms with Crippen molar-refractivity contribution in [2.45, 2.75) is 45.7 Å². The molecule has 1 aliphatic heterocycles. The van der Waals surface area contributed by atoms with Crippen LogP contribution >= 0.6 is 68.8 Å². The van der Waals surface area contributed by atoms with Gasteiger partial charge >= 0.3 is 6.36 Å². The number of anilines is 3. The van der Waals surface area contributed by atoms with E-state index >= 15 is 0 Å². The highest BCUT2D eigenvalue weighted by atomic mass is 35.5. The van der Waals surface area contributed by atoms with Crippen LogP contribution in [0.3, 0.4) is 0 Å². The average molecular weight is 942 g/mol. The summed E-state index contributed by atoms with van der Waals surface area (Å²) in [6.45, 7) is 6.43. The molecule has 1 saturated heterocycles. The predicted octanol–water partition coefficient (Wildman–Crippen LogP) is 9.22. The number of aliphatic hydroxyl groups is 1. The van der Waals surface area contributed by atoms with E-state index in [9.17, 15) is 23.1 Å². The smallest absolute Gasteiger partial charge is 0.406 e. The minimum Gasteiger partial charge on any atom is -0.406 e. The molecule has 0 spiro atoms. The molecule has 22 heteroatoms. The van der Waals surface area contributed by atoms with Gasteiger partial charge in [-0.05, 0) is 79.9 Å². The lowest BCUT2D eigenvalue weighted by molar-refractivity contribution is -0.274. The zero-order chi connectivity index (χ0) is 43.6. The molecule has 1 amide bonds. The molecule has 0 saturated carbocycles. The fourth-order valence-corrected chi connectivity index (χ4v) is 9.65. The number of nitrogens with zero attached hydrogens (tertiary/aromatic N) is 9. The summed E-state index contributed by atoms with van der Waals surface area (Å²) >= 11 is 22.2. The number of thiophene rings is 3. The third-order valence-electron chi connectivity index (χ3n) is 8.67. The molecule has 8 rings (SSSR count). The van der Waals surface area contributed by atoms with Crippen LogP contribution in [0.5, 0.6) is 5.75 Å². The van der Waals surface area contributed by atoms with Gasteiger partial charge in [0.15, 0.2) is 16.8 Å². The molecule has 2 N–H and O–H groups in total. The van der Waals surface area contributed by atoms with E-state index in [2.05, 4.69) is 46.9 Å². The van der Waals surface area contributed by atoms with E-state index in [0.29, 0.717) is 21.9 Å². The molecule has 7 heterocycles. The largest absolute Gasteiger partial charge is 0.573 e. The summed E-state index contributed by atoms with van der Waals surface area (Å²) in [6, 6.07) is 10.7. The van der Waals surface area contributed by atoms with E-state index < -0.39 is 18.5 Å². The third-order valence-corrected chi connectivity index (χ3v) is 12.5. The van der Waals surface area contributed by atoms with Crippen molar-refractivity contribution in [2.24, 2.45) is 0 Å². The molecule has 0 radical (unpaired) electrons. The number of hydrogen-bond acceptors (Lipinski definition) is 15. The molecule has 60 heavy (non-hydrogen) atoms. The highest BCUT2D eigenvalue weighted by Crippen LogP contribution is 2.34. The Kier molecular flexibility index (Phi) is 14.1. The molecule has 1 fully saturated rings. The van der Waals surface area contributed by atoms with E-state index in [4.69, 9.17) is 34.8 Å². The molecule has 0 aliphatic carbocycles. The van der Waals surface area contributed by atoms with Crippen LogP contribution < -0.4 is 19.9 Å². The van der Waals surface area contributed by atoms with Gasteiger partial charge < -0.3 is 29.9 Å². The van der Waals surface area contributed by atoms with Crippen molar-refractivity contribution in [1.82, 2.24) is 34.8 Å². The van der Waals surface area contributed by atoms with E-state index in [0.717, 1.165) is 52.0 Å². The number of nitrogens with one attached hydrogen (secondary N) is 1. The van der Waals surface area contributed by atoms with Crippen molar-refractivity contribution in [3.63, 3.8) is 0 Å². The summed E-state index contributed by atoms with van der Waals surface area (Å²) < 4.78 is 43.7. The summed E-state index contributed by atoms with van der Waals surface area (Å²) in [5.74, 6) is 1.43. The molecular formula is C38H38Cl3F3N10O3S3. The first-order valence-electron chi connectivity index (χ1n) is 18.0. The van der Waals surface area contributed by atoms with Gasteiger partial charge in [0.25, 0.3) is 0 Å². The van der Waals surface area contributed by atoms with Crippen LogP contribution in [0.2, 0.25) is 15.7 Å². The molecule has 0 unspecified atom stereocenters. The minimum absolute atomic E-state index is 0.00679. The average Bonchev–Trinajstić information content (AvgIpc) is 3.92. The molecular weight excluding hydrogens is 904 g/mol. The highest BCUT2D eigenvalue weighted by molar-refractivity contribution is 7.20. The quantitative estimate of drug-likeness (QED) is 0.116. The highest BCUT2D eigenvalue weighted by Gasteiger charge is 2.35. The molecule has 0 bridgehead atoms. The van der Waals surface area contributed by atoms with E-state index in [-0.39, 0.29) is 36.5 Å². The minimum atomic E-state index is -4.77. The number of benzene rings is 1. The Morgan fingerprint density at radius 3 is 1.83 bits per heavy atom. The molecule has 318 valence electrons. The number of ether oxygens (including phenoxy) is 1. The van der Waals surface area contributed by atoms with Crippen LogP contribution in [0, 0.1) is 20.8 Å². The second kappa shape index (κ2) is 18.7. The van der Waals surface area contributed by atoms with Crippen molar-refractivity contribution in [1.29, 1.82) is 0 Å². The van der Waals surface area contributed by atoms with Crippen molar-refractivity contribution >= 4 is 123 Å². The Hall–Kier alpha value is -4.37. The fraction of sp³-hybridized carbons (Fsp3) is 0.342. The van der Waals surface area contributed by atoms with Gasteiger partial charge in [-0.2, -0.15) is 9.97 Å². The maximum atomic E-state index is 12.7. The van der Waals surface area contributed by atoms with Crippen LogP contribution in [-0.2, 0) is 11.2 Å². The molecule has 1 aliphatic rings. The Labute approximate surface area is 369 Å². The Bertz CT molecular complexity index is 2640. The predicted molar refractivity (Wildman–Crippen MR) is 237 cm³/mol. The standard InChI is InChI=1S/C22H24F3N5O3S.C9H10ClN3S.C7H4Cl2N2S/c1-12-8-15-19(34-12)20(29(2)3)28-21(26-15)27-16-10-30(11-17(16)31)18(32)9-13-4-6-14(7-5-13)33-22(23,24)25;1-5-4-6-7(14-5)8(13(2)3)12-9(10)11-6;1-3-2-4-5(12-3)6(8)11-7(9)10-4/h4-8,16-17,31H,9-11H2,1-3H3,(H,26,27,28);4H,1-3H3;2H,1H3/t16-,17-;;/m1../s1. The monoisotopic (exact) mass is 940 g/mol. The second-order valence-corrected chi connectivity index (χ2v) is 18.8. The number of hydrogen-bond donors (Lipinski definition) is 2. The Morgan fingerprint density at radius 1 is 0.783 bits per heavy atom. The maximum absolute atomic E-state index is 12.7. The normalized spacial score (nSPS) is 15.1. The van der Waals surface area contributed by atoms with Crippen molar-refractivity contribution in [2.75, 3.05) is 56.4 Å². The SMILES string of the molecule is Cc1cc2nc(Cl)nc(Cl)c2s1.Cc1cc2nc(Cl)nc(N(C)C)c2s1.Cc1cc2nc(N[C@@H]3CN(C(=O)Cc4ccc(OC(F)(F)F)cc4)C[C@H]3O)nc(N(C)C)c2s1. The number of carbonyl (C=O) groups is 1. The molecule has 2 atom stereocenters. The van der Waals surface area contributed by atoms with Crippen LogP contribution in [0.4, 0.5) is 30.8 Å². The number of alkyl halides is 3. The first-order chi connectivity index (χ1) is 28.2. The van der Waals surface area contributed by atoms with E-state index in [1.165, 1.54) is 34.0 Å². The number of aromatic nitrogens is 6. The zero-order valence-electron chi connectivity index (χ0n) is 33.1. The van der Waals surface area contributed by atoms with Gasteiger partial charge in [-0.25, -0.2) is 19.9 Å². The lowest BCUT2D eigenvalue weighted by atomic mass is 10.1. The summed E-state index contributed by atoms with van der Waals surface area (Å²) in [4.78, 5) is 47.0. The van der Waals surface area contributed by atoms with E-state index in [1.807, 2.05) is 70.0 Å². The summed E-state index contributed by atoms with van der Waals surface area (Å²) in [5.41, 5.74) is 3.10. The maximum Gasteiger partial charge on any atom is 0.573 e. The lowest BCUT2D eigenvalue weighted by Crippen LogP contribution is -2.34. The lowest BCUT2D eigenvalue weighted by Gasteiger charge is -2.19. The van der Waals surface area contributed by atoms with Crippen molar-refractivity contribution in [3.05, 3.63) is 78.4 Å². The first-order valence-corrected chi connectivity index (χ1v) is 21.5. The van der Waals surface area contributed by atoms with Crippen LogP contribution in [-0.4, -0.2) is 106 Å². The van der Waals surface area contributed by atoms with Crippen molar-refractivity contribution < 1.29 is 27.8 Å².